The Bertz CT molecular complexity index is 613. The number of benzene rings is 1. The molecule has 3 nitrogen and oxygen atoms in total. The molecule has 0 radical (unpaired) electrons. The average Bonchev–Trinajstić information content (AvgIpc) is 2.49. The highest BCUT2D eigenvalue weighted by Crippen LogP contribution is 2.34. The molecule has 0 aromatic heterocycles. The van der Waals surface area contributed by atoms with E-state index in [0.717, 1.165) is 25.7 Å². The molecule has 7 heteroatoms. The summed E-state index contributed by atoms with van der Waals surface area (Å²) >= 11 is 18.0. The quantitative estimate of drug-likeness (QED) is 0.721. The molecule has 1 aliphatic rings. The summed E-state index contributed by atoms with van der Waals surface area (Å²) in [5.41, 5.74) is 0.529. The molecule has 0 saturated heterocycles. The molecule has 1 aromatic carbocycles. The molecule has 0 amide bonds. The van der Waals surface area contributed by atoms with Crippen LogP contribution in [0.2, 0.25) is 10.0 Å². The second-order valence-corrected chi connectivity index (χ2v) is 8.37. The van der Waals surface area contributed by atoms with Gasteiger partial charge in [0, 0.05) is 24.0 Å². The average molecular weight is 371 g/mol. The van der Waals surface area contributed by atoms with E-state index >= 15 is 0 Å². The van der Waals surface area contributed by atoms with Gasteiger partial charge in [0.05, 0.1) is 5.02 Å². The molecule has 0 heterocycles. The van der Waals surface area contributed by atoms with Crippen LogP contribution in [0.25, 0.3) is 0 Å². The van der Waals surface area contributed by atoms with Crippen LogP contribution < -0.4 is 0 Å². The molecule has 0 unspecified atom stereocenters. The molecule has 0 bridgehead atoms. The minimum Gasteiger partial charge on any atom is -0.207 e. The molecule has 0 N–H and O–H groups in total. The first-order valence-corrected chi connectivity index (χ1v) is 9.63. The molecule has 1 aliphatic carbocycles. The number of halogens is 3. The summed E-state index contributed by atoms with van der Waals surface area (Å²) in [6.45, 7) is 0. The number of rotatable bonds is 4. The standard InChI is InChI=1S/C14H18Cl3NO2S/c1-18(12-5-3-2-4-6-12)21(19,20)13-8-11(16)7-10(9-15)14(13)17/h7-8,12H,2-6,9H2,1H3. The molecule has 2 rings (SSSR count). The number of sulfonamides is 1. The Morgan fingerprint density at radius 2 is 1.81 bits per heavy atom. The first kappa shape index (κ1) is 17.4. The van der Waals surface area contributed by atoms with Gasteiger partial charge in [-0.2, -0.15) is 4.31 Å². The van der Waals surface area contributed by atoms with Crippen LogP contribution in [-0.2, 0) is 15.9 Å². The summed E-state index contributed by atoms with van der Waals surface area (Å²) in [5.74, 6) is 0.120. The van der Waals surface area contributed by atoms with Crippen molar-refractivity contribution in [2.75, 3.05) is 7.05 Å². The smallest absolute Gasteiger partial charge is 0.207 e. The summed E-state index contributed by atoms with van der Waals surface area (Å²) < 4.78 is 27.1. The maximum absolute atomic E-state index is 12.8. The number of hydrogen-bond acceptors (Lipinski definition) is 2. The first-order chi connectivity index (χ1) is 9.87. The van der Waals surface area contributed by atoms with E-state index in [-0.39, 0.29) is 21.8 Å². The lowest BCUT2D eigenvalue weighted by Crippen LogP contribution is -2.38. The monoisotopic (exact) mass is 369 g/mol. The highest BCUT2D eigenvalue weighted by Gasteiger charge is 2.31. The highest BCUT2D eigenvalue weighted by atomic mass is 35.5. The maximum atomic E-state index is 12.8. The summed E-state index contributed by atoms with van der Waals surface area (Å²) in [4.78, 5) is 0.0420. The van der Waals surface area contributed by atoms with Crippen molar-refractivity contribution in [2.45, 2.75) is 48.9 Å². The lowest BCUT2D eigenvalue weighted by molar-refractivity contribution is 0.286. The van der Waals surface area contributed by atoms with Crippen LogP contribution in [0.5, 0.6) is 0 Å². The Morgan fingerprint density at radius 1 is 1.19 bits per heavy atom. The third-order valence-electron chi connectivity index (χ3n) is 3.97. The molecule has 118 valence electrons. The van der Waals surface area contributed by atoms with Gasteiger partial charge in [0.1, 0.15) is 4.90 Å². The Balaban J connectivity index is 2.41. The highest BCUT2D eigenvalue weighted by molar-refractivity contribution is 7.89. The predicted molar refractivity (Wildman–Crippen MR) is 87.8 cm³/mol. The third kappa shape index (κ3) is 3.67. The molecule has 21 heavy (non-hydrogen) atoms. The van der Waals surface area contributed by atoms with Gasteiger partial charge in [0.15, 0.2) is 0 Å². The minimum atomic E-state index is -3.67. The summed E-state index contributed by atoms with van der Waals surface area (Å²) in [6, 6.07) is 3.02. The van der Waals surface area contributed by atoms with E-state index < -0.39 is 10.0 Å². The van der Waals surface area contributed by atoms with Crippen molar-refractivity contribution < 1.29 is 8.42 Å². The Kier molecular flexibility index (Phi) is 5.83. The number of hydrogen-bond donors (Lipinski definition) is 0. The van der Waals surface area contributed by atoms with Crippen LogP contribution >= 0.6 is 34.8 Å². The second kappa shape index (κ2) is 7.05. The lowest BCUT2D eigenvalue weighted by Gasteiger charge is -2.30. The van der Waals surface area contributed by atoms with E-state index in [1.807, 2.05) is 0 Å². The second-order valence-electron chi connectivity index (χ2n) is 5.32. The molecule has 0 aliphatic heterocycles. The van der Waals surface area contributed by atoms with Gasteiger partial charge in [0.25, 0.3) is 0 Å². The van der Waals surface area contributed by atoms with E-state index in [4.69, 9.17) is 34.8 Å². The largest absolute Gasteiger partial charge is 0.244 e. The van der Waals surface area contributed by atoms with Gasteiger partial charge < -0.3 is 0 Å². The third-order valence-corrected chi connectivity index (χ3v) is 6.97. The fourth-order valence-corrected chi connectivity index (χ4v) is 5.30. The van der Waals surface area contributed by atoms with Crippen molar-refractivity contribution in [1.29, 1.82) is 0 Å². The molecule has 1 aromatic rings. The normalized spacial score (nSPS) is 17.4. The summed E-state index contributed by atoms with van der Waals surface area (Å²) in [5, 5.41) is 0.489. The fraction of sp³-hybridized carbons (Fsp3) is 0.571. The van der Waals surface area contributed by atoms with Crippen LogP contribution in [0.4, 0.5) is 0 Å². The Hall–Kier alpha value is -0.000000000000000111. The Morgan fingerprint density at radius 3 is 2.38 bits per heavy atom. The maximum Gasteiger partial charge on any atom is 0.244 e. The predicted octanol–water partition coefficient (Wildman–Crippen LogP) is 4.69. The lowest BCUT2D eigenvalue weighted by atomic mass is 9.96. The van der Waals surface area contributed by atoms with E-state index in [2.05, 4.69) is 0 Å². The van der Waals surface area contributed by atoms with Crippen molar-refractivity contribution in [2.24, 2.45) is 0 Å². The zero-order valence-corrected chi connectivity index (χ0v) is 14.9. The van der Waals surface area contributed by atoms with Crippen molar-refractivity contribution in [3.63, 3.8) is 0 Å². The van der Waals surface area contributed by atoms with Gasteiger partial charge in [-0.25, -0.2) is 8.42 Å². The van der Waals surface area contributed by atoms with Crippen LogP contribution in [0.1, 0.15) is 37.7 Å². The van der Waals surface area contributed by atoms with Crippen LogP contribution in [0.15, 0.2) is 17.0 Å². The number of nitrogens with zero attached hydrogens (tertiary/aromatic N) is 1. The molecular formula is C14H18Cl3NO2S. The van der Waals surface area contributed by atoms with Crippen molar-refractivity contribution in [1.82, 2.24) is 4.31 Å². The van der Waals surface area contributed by atoms with Crippen LogP contribution in [0.3, 0.4) is 0 Å². The van der Waals surface area contributed by atoms with E-state index in [9.17, 15) is 8.42 Å². The van der Waals surface area contributed by atoms with Gasteiger partial charge in [-0.05, 0) is 30.5 Å². The van der Waals surface area contributed by atoms with Crippen LogP contribution in [0, 0.1) is 0 Å². The van der Waals surface area contributed by atoms with Gasteiger partial charge in [0.2, 0.25) is 10.0 Å². The molecular weight excluding hydrogens is 353 g/mol. The van der Waals surface area contributed by atoms with Gasteiger partial charge in [-0.3, -0.25) is 0 Å². The van der Waals surface area contributed by atoms with Gasteiger partial charge in [-0.15, -0.1) is 11.6 Å². The molecule has 1 saturated carbocycles. The van der Waals surface area contributed by atoms with E-state index in [1.165, 1.54) is 16.8 Å². The summed E-state index contributed by atoms with van der Waals surface area (Å²) in [6.07, 6.45) is 5.05. The van der Waals surface area contributed by atoms with Crippen molar-refractivity contribution >= 4 is 44.8 Å². The topological polar surface area (TPSA) is 37.4 Å². The van der Waals surface area contributed by atoms with Crippen molar-refractivity contribution in [3.8, 4) is 0 Å². The Labute approximate surface area is 141 Å². The zero-order chi connectivity index (χ0) is 15.6. The minimum absolute atomic E-state index is 0.0262. The van der Waals surface area contributed by atoms with Gasteiger partial charge >= 0.3 is 0 Å². The zero-order valence-electron chi connectivity index (χ0n) is 11.8. The summed E-state index contributed by atoms with van der Waals surface area (Å²) in [7, 11) is -2.05. The first-order valence-electron chi connectivity index (χ1n) is 6.90. The van der Waals surface area contributed by atoms with Crippen molar-refractivity contribution in [3.05, 3.63) is 27.7 Å². The van der Waals surface area contributed by atoms with E-state index in [0.29, 0.717) is 10.6 Å². The SMILES string of the molecule is CN(C1CCCCC1)S(=O)(=O)c1cc(Cl)cc(CCl)c1Cl. The van der Waals surface area contributed by atoms with E-state index in [1.54, 1.807) is 13.1 Å². The number of alkyl halides is 1. The van der Waals surface area contributed by atoms with Crippen LogP contribution in [-0.4, -0.2) is 25.8 Å². The van der Waals surface area contributed by atoms with Gasteiger partial charge in [-0.1, -0.05) is 42.5 Å². The molecule has 0 spiro atoms. The molecule has 0 atom stereocenters. The fourth-order valence-electron chi connectivity index (χ4n) is 2.70. The molecule has 1 fully saturated rings.